The predicted molar refractivity (Wildman–Crippen MR) is 95.6 cm³/mol. The van der Waals surface area contributed by atoms with E-state index in [4.69, 9.17) is 5.73 Å². The minimum Gasteiger partial charge on any atom is -0.345 e. The van der Waals surface area contributed by atoms with Gasteiger partial charge in [0.25, 0.3) is 5.91 Å². The topological polar surface area (TPSA) is 75.4 Å². The number of hydrogen-bond donors (Lipinski definition) is 2. The molecule has 0 radical (unpaired) electrons. The van der Waals surface area contributed by atoms with Crippen LogP contribution in [0.5, 0.6) is 0 Å². The second-order valence-corrected chi connectivity index (χ2v) is 5.99. The number of benzene rings is 2. The third-order valence-electron chi connectivity index (χ3n) is 3.92. The molecule has 3 N–H and O–H groups in total. The van der Waals surface area contributed by atoms with Gasteiger partial charge in [-0.3, -0.25) is 9.59 Å². The zero-order chi connectivity index (χ0) is 17.7. The maximum atomic E-state index is 12.5. The minimum atomic E-state index is -0.402. The summed E-state index contributed by atoms with van der Waals surface area (Å²) in [5.74, 6) is -0.693. The highest BCUT2D eigenvalue weighted by molar-refractivity contribution is 5.97. The molecule has 0 aromatic heterocycles. The number of nitrogens with one attached hydrogen (secondary N) is 1. The number of carbonyl (C=O) groups excluding carboxylic acids is 2. The van der Waals surface area contributed by atoms with Gasteiger partial charge < -0.3 is 16.0 Å². The van der Waals surface area contributed by atoms with Gasteiger partial charge in [0.05, 0.1) is 5.92 Å². The Morgan fingerprint density at radius 2 is 1.71 bits per heavy atom. The van der Waals surface area contributed by atoms with Gasteiger partial charge in [0.15, 0.2) is 0 Å². The van der Waals surface area contributed by atoms with E-state index in [2.05, 4.69) is 5.32 Å². The summed E-state index contributed by atoms with van der Waals surface area (Å²) in [5, 5.41) is 2.84. The van der Waals surface area contributed by atoms with Crippen molar-refractivity contribution in [2.75, 3.05) is 19.4 Å². The fourth-order valence-corrected chi connectivity index (χ4v) is 2.37. The Labute approximate surface area is 142 Å². The van der Waals surface area contributed by atoms with Crippen molar-refractivity contribution in [3.8, 4) is 0 Å². The average molecular weight is 325 g/mol. The van der Waals surface area contributed by atoms with Gasteiger partial charge in [-0.25, -0.2) is 0 Å². The Bertz CT molecular complexity index is 714. The Kier molecular flexibility index (Phi) is 5.71. The molecule has 0 aliphatic carbocycles. The molecular formula is C19H23N3O2. The average Bonchev–Trinajstić information content (AvgIpc) is 2.60. The van der Waals surface area contributed by atoms with Crippen molar-refractivity contribution < 1.29 is 9.59 Å². The van der Waals surface area contributed by atoms with E-state index in [1.165, 1.54) is 4.90 Å². The molecule has 126 valence electrons. The number of carbonyl (C=O) groups is 2. The maximum Gasteiger partial charge on any atom is 0.253 e. The van der Waals surface area contributed by atoms with Crippen LogP contribution in [0.1, 0.15) is 28.9 Å². The van der Waals surface area contributed by atoms with E-state index in [0.29, 0.717) is 11.3 Å². The largest absolute Gasteiger partial charge is 0.345 e. The zero-order valence-electron chi connectivity index (χ0n) is 14.2. The van der Waals surface area contributed by atoms with E-state index in [9.17, 15) is 9.59 Å². The van der Waals surface area contributed by atoms with E-state index in [0.717, 1.165) is 5.56 Å². The van der Waals surface area contributed by atoms with Crippen molar-refractivity contribution in [1.29, 1.82) is 0 Å². The van der Waals surface area contributed by atoms with Crippen LogP contribution in [0, 0.1) is 5.92 Å². The highest BCUT2D eigenvalue weighted by atomic mass is 16.2. The third kappa shape index (κ3) is 4.20. The van der Waals surface area contributed by atoms with Crippen LogP contribution in [0.2, 0.25) is 0 Å². The molecule has 2 amide bonds. The second kappa shape index (κ2) is 7.75. The highest BCUT2D eigenvalue weighted by Crippen LogP contribution is 2.21. The second-order valence-electron chi connectivity index (χ2n) is 5.99. The highest BCUT2D eigenvalue weighted by Gasteiger charge is 2.22. The Morgan fingerprint density at radius 1 is 1.04 bits per heavy atom. The van der Waals surface area contributed by atoms with Gasteiger partial charge in [-0.15, -0.1) is 0 Å². The van der Waals surface area contributed by atoms with E-state index >= 15 is 0 Å². The maximum absolute atomic E-state index is 12.5. The summed E-state index contributed by atoms with van der Waals surface area (Å²) in [6.07, 6.45) is 0. The minimum absolute atomic E-state index is 0.111. The summed E-state index contributed by atoms with van der Waals surface area (Å²) in [4.78, 5) is 26.0. The van der Waals surface area contributed by atoms with E-state index in [1.54, 1.807) is 45.3 Å². The zero-order valence-corrected chi connectivity index (χ0v) is 14.2. The molecule has 2 rings (SSSR count). The number of anilines is 1. The van der Waals surface area contributed by atoms with Gasteiger partial charge in [0, 0.05) is 31.4 Å². The smallest absolute Gasteiger partial charge is 0.253 e. The molecule has 2 aromatic rings. The summed E-state index contributed by atoms with van der Waals surface area (Å²) in [6.45, 7) is 1.79. The van der Waals surface area contributed by atoms with Gasteiger partial charge in [-0.05, 0) is 23.8 Å². The van der Waals surface area contributed by atoms with Crippen LogP contribution >= 0.6 is 0 Å². The number of hydrogen-bond acceptors (Lipinski definition) is 3. The Hall–Kier alpha value is -2.66. The van der Waals surface area contributed by atoms with Gasteiger partial charge in [-0.1, -0.05) is 43.3 Å². The molecule has 0 aliphatic heterocycles. The van der Waals surface area contributed by atoms with E-state index in [-0.39, 0.29) is 11.8 Å². The lowest BCUT2D eigenvalue weighted by molar-refractivity contribution is -0.120. The molecule has 0 saturated carbocycles. The van der Waals surface area contributed by atoms with Crippen molar-refractivity contribution in [3.63, 3.8) is 0 Å². The fraction of sp³-hybridized carbons (Fsp3) is 0.263. The molecule has 24 heavy (non-hydrogen) atoms. The van der Waals surface area contributed by atoms with Crippen molar-refractivity contribution in [2.45, 2.75) is 13.0 Å². The molecule has 2 atom stereocenters. The molecule has 0 aliphatic rings. The molecule has 0 heterocycles. The summed E-state index contributed by atoms with van der Waals surface area (Å²) < 4.78 is 0. The van der Waals surface area contributed by atoms with Crippen LogP contribution < -0.4 is 11.1 Å². The molecule has 0 fully saturated rings. The normalized spacial score (nSPS) is 13.0. The Balaban J connectivity index is 2.09. The lowest BCUT2D eigenvalue weighted by Gasteiger charge is -2.20. The molecule has 0 bridgehead atoms. The Morgan fingerprint density at radius 3 is 2.33 bits per heavy atom. The molecule has 5 nitrogen and oxygen atoms in total. The third-order valence-corrected chi connectivity index (χ3v) is 3.92. The standard InChI is InChI=1S/C19H23N3O2/c1-13(17(20)14-8-5-4-6-9-14)18(23)21-16-11-7-10-15(12-16)19(24)22(2)3/h4-13,17H,20H2,1-3H3,(H,21,23). The summed E-state index contributed by atoms with van der Waals surface area (Å²) in [6, 6.07) is 16.0. The van der Waals surface area contributed by atoms with Crippen LogP contribution in [0.25, 0.3) is 0 Å². The van der Waals surface area contributed by atoms with Crippen molar-refractivity contribution in [1.82, 2.24) is 4.90 Å². The van der Waals surface area contributed by atoms with E-state index in [1.807, 2.05) is 30.3 Å². The van der Waals surface area contributed by atoms with Crippen LogP contribution in [0.4, 0.5) is 5.69 Å². The fourth-order valence-electron chi connectivity index (χ4n) is 2.37. The molecule has 2 unspecified atom stereocenters. The van der Waals surface area contributed by atoms with Crippen molar-refractivity contribution in [2.24, 2.45) is 11.7 Å². The van der Waals surface area contributed by atoms with E-state index < -0.39 is 12.0 Å². The number of rotatable bonds is 5. The number of nitrogens with zero attached hydrogens (tertiary/aromatic N) is 1. The summed E-state index contributed by atoms with van der Waals surface area (Å²) in [7, 11) is 3.38. The first-order valence-corrected chi connectivity index (χ1v) is 7.83. The lowest BCUT2D eigenvalue weighted by Crippen LogP contribution is -2.30. The summed E-state index contributed by atoms with van der Waals surface area (Å²) in [5.41, 5.74) is 8.21. The monoisotopic (exact) mass is 325 g/mol. The van der Waals surface area contributed by atoms with Gasteiger partial charge in [0.1, 0.15) is 0 Å². The number of nitrogens with two attached hydrogens (primary N) is 1. The number of amides is 2. The predicted octanol–water partition coefficient (Wildman–Crippen LogP) is 2.66. The first-order chi connectivity index (χ1) is 11.4. The molecule has 0 spiro atoms. The molecule has 0 saturated heterocycles. The van der Waals surface area contributed by atoms with Gasteiger partial charge in [-0.2, -0.15) is 0 Å². The first-order valence-electron chi connectivity index (χ1n) is 7.83. The van der Waals surface area contributed by atoms with Gasteiger partial charge in [0.2, 0.25) is 5.91 Å². The lowest BCUT2D eigenvalue weighted by atomic mass is 9.94. The van der Waals surface area contributed by atoms with Crippen LogP contribution in [-0.4, -0.2) is 30.8 Å². The SMILES string of the molecule is CC(C(=O)Nc1cccc(C(=O)N(C)C)c1)C(N)c1ccccc1. The van der Waals surface area contributed by atoms with Crippen LogP contribution in [0.3, 0.4) is 0 Å². The van der Waals surface area contributed by atoms with Crippen molar-refractivity contribution >= 4 is 17.5 Å². The molecule has 5 heteroatoms. The first kappa shape index (κ1) is 17.7. The summed E-state index contributed by atoms with van der Waals surface area (Å²) >= 11 is 0. The quantitative estimate of drug-likeness (QED) is 0.887. The van der Waals surface area contributed by atoms with Gasteiger partial charge >= 0.3 is 0 Å². The molecular weight excluding hydrogens is 302 g/mol. The molecule has 2 aromatic carbocycles. The van der Waals surface area contributed by atoms with Crippen molar-refractivity contribution in [3.05, 3.63) is 65.7 Å². The van der Waals surface area contributed by atoms with Crippen LogP contribution in [0.15, 0.2) is 54.6 Å². The van der Waals surface area contributed by atoms with Crippen LogP contribution in [-0.2, 0) is 4.79 Å².